The molecule has 2 aromatic heterocycles. The van der Waals surface area contributed by atoms with Crippen molar-refractivity contribution in [2.75, 3.05) is 5.32 Å². The van der Waals surface area contributed by atoms with Crippen molar-refractivity contribution in [2.24, 2.45) is 0 Å². The highest BCUT2D eigenvalue weighted by atomic mass is 16.1. The number of anilines is 1. The molecule has 5 nitrogen and oxygen atoms in total. The molecule has 0 bridgehead atoms. The van der Waals surface area contributed by atoms with Gasteiger partial charge in [0.25, 0.3) is 5.91 Å². The Balaban J connectivity index is 2.06. The minimum Gasteiger partial charge on any atom is -0.319 e. The Labute approximate surface area is 109 Å². The number of carbonyl (C=O) groups excluding carboxylic acids is 1. The van der Waals surface area contributed by atoms with Gasteiger partial charge < -0.3 is 5.32 Å². The summed E-state index contributed by atoms with van der Waals surface area (Å²) in [5.41, 5.74) is 2.89. The largest absolute Gasteiger partial charge is 0.319 e. The number of carbonyl (C=O) groups is 1. The standard InChI is InChI=1S/C14H12N4O/c1-9-6-12(11-4-2-3-5-13(11)17-9)14(19)18-10-7-15-16-8-10/h2-8H,1H3,(H,15,16)(H,18,19). The monoisotopic (exact) mass is 252 g/mol. The van der Waals surface area contributed by atoms with Crippen molar-refractivity contribution in [1.82, 2.24) is 15.2 Å². The van der Waals surface area contributed by atoms with E-state index in [0.717, 1.165) is 16.6 Å². The number of nitrogens with zero attached hydrogens (tertiary/aromatic N) is 2. The number of para-hydroxylation sites is 1. The average Bonchev–Trinajstić information content (AvgIpc) is 2.90. The van der Waals surface area contributed by atoms with E-state index >= 15 is 0 Å². The predicted molar refractivity (Wildman–Crippen MR) is 73.0 cm³/mol. The molecule has 0 saturated carbocycles. The fraction of sp³-hybridized carbons (Fsp3) is 0.0714. The van der Waals surface area contributed by atoms with Crippen LogP contribution in [0.1, 0.15) is 16.1 Å². The molecular weight excluding hydrogens is 240 g/mol. The number of aromatic amines is 1. The maximum atomic E-state index is 12.3. The van der Waals surface area contributed by atoms with Gasteiger partial charge in [-0.15, -0.1) is 0 Å². The van der Waals surface area contributed by atoms with E-state index in [1.165, 1.54) is 0 Å². The molecule has 1 amide bonds. The van der Waals surface area contributed by atoms with Crippen LogP contribution in [0, 0.1) is 6.92 Å². The Morgan fingerprint density at radius 2 is 2.16 bits per heavy atom. The minimum atomic E-state index is -0.164. The molecule has 0 saturated heterocycles. The molecule has 0 aliphatic heterocycles. The van der Waals surface area contributed by atoms with Crippen molar-refractivity contribution in [1.29, 1.82) is 0 Å². The van der Waals surface area contributed by atoms with Gasteiger partial charge in [-0.25, -0.2) is 0 Å². The first-order chi connectivity index (χ1) is 9.24. The van der Waals surface area contributed by atoms with Crippen LogP contribution in [-0.2, 0) is 0 Å². The van der Waals surface area contributed by atoms with E-state index in [2.05, 4.69) is 20.5 Å². The average molecular weight is 252 g/mol. The fourth-order valence-electron chi connectivity index (χ4n) is 2.01. The number of benzene rings is 1. The molecule has 0 atom stereocenters. The van der Waals surface area contributed by atoms with Crippen LogP contribution in [0.25, 0.3) is 10.9 Å². The zero-order chi connectivity index (χ0) is 13.2. The van der Waals surface area contributed by atoms with Gasteiger partial charge in [0, 0.05) is 17.3 Å². The van der Waals surface area contributed by atoms with Gasteiger partial charge in [-0.2, -0.15) is 5.10 Å². The van der Waals surface area contributed by atoms with Crippen LogP contribution in [0.3, 0.4) is 0 Å². The number of fused-ring (bicyclic) bond motifs is 1. The number of pyridine rings is 1. The Morgan fingerprint density at radius 3 is 2.95 bits per heavy atom. The van der Waals surface area contributed by atoms with Gasteiger partial charge in [-0.1, -0.05) is 18.2 Å². The number of amides is 1. The lowest BCUT2D eigenvalue weighted by Crippen LogP contribution is -2.12. The molecule has 3 rings (SSSR count). The zero-order valence-corrected chi connectivity index (χ0v) is 10.3. The number of nitrogens with one attached hydrogen (secondary N) is 2. The summed E-state index contributed by atoms with van der Waals surface area (Å²) in [5.74, 6) is -0.164. The smallest absolute Gasteiger partial charge is 0.256 e. The van der Waals surface area contributed by atoms with Crippen LogP contribution in [-0.4, -0.2) is 21.1 Å². The molecule has 1 aromatic carbocycles. The molecule has 2 heterocycles. The maximum absolute atomic E-state index is 12.3. The number of rotatable bonds is 2. The molecule has 5 heteroatoms. The number of hydrogen-bond donors (Lipinski definition) is 2. The SMILES string of the molecule is Cc1cc(C(=O)Nc2cn[nH]c2)c2ccccc2n1. The van der Waals surface area contributed by atoms with Crippen molar-refractivity contribution in [3.05, 3.63) is 54.0 Å². The van der Waals surface area contributed by atoms with E-state index in [-0.39, 0.29) is 5.91 Å². The highest BCUT2D eigenvalue weighted by Crippen LogP contribution is 2.19. The first-order valence-electron chi connectivity index (χ1n) is 5.90. The summed E-state index contributed by atoms with van der Waals surface area (Å²) >= 11 is 0. The highest BCUT2D eigenvalue weighted by molar-refractivity contribution is 6.12. The van der Waals surface area contributed by atoms with Crippen molar-refractivity contribution in [2.45, 2.75) is 6.92 Å². The van der Waals surface area contributed by atoms with E-state index in [1.807, 2.05) is 31.2 Å². The lowest BCUT2D eigenvalue weighted by Gasteiger charge is -2.07. The van der Waals surface area contributed by atoms with E-state index in [1.54, 1.807) is 18.5 Å². The molecule has 2 N–H and O–H groups in total. The Bertz CT molecular complexity index is 734. The lowest BCUT2D eigenvalue weighted by atomic mass is 10.1. The molecule has 19 heavy (non-hydrogen) atoms. The summed E-state index contributed by atoms with van der Waals surface area (Å²) in [4.78, 5) is 16.7. The molecular formula is C14H12N4O. The molecule has 0 fully saturated rings. The predicted octanol–water partition coefficient (Wildman–Crippen LogP) is 2.52. The van der Waals surface area contributed by atoms with Crippen LogP contribution in [0.2, 0.25) is 0 Å². The van der Waals surface area contributed by atoms with Crippen molar-refractivity contribution >= 4 is 22.5 Å². The normalized spacial score (nSPS) is 10.6. The summed E-state index contributed by atoms with van der Waals surface area (Å²) < 4.78 is 0. The first-order valence-corrected chi connectivity index (χ1v) is 5.90. The van der Waals surface area contributed by atoms with Gasteiger partial charge in [0.2, 0.25) is 0 Å². The van der Waals surface area contributed by atoms with Crippen LogP contribution >= 0.6 is 0 Å². The fourth-order valence-corrected chi connectivity index (χ4v) is 2.01. The third-order valence-corrected chi connectivity index (χ3v) is 2.84. The second kappa shape index (κ2) is 4.53. The van der Waals surface area contributed by atoms with E-state index in [0.29, 0.717) is 11.3 Å². The number of H-pyrrole nitrogens is 1. The first kappa shape index (κ1) is 11.4. The Morgan fingerprint density at radius 1 is 1.32 bits per heavy atom. The van der Waals surface area contributed by atoms with Crippen LogP contribution < -0.4 is 5.32 Å². The van der Waals surface area contributed by atoms with E-state index < -0.39 is 0 Å². The topological polar surface area (TPSA) is 70.7 Å². The number of hydrogen-bond acceptors (Lipinski definition) is 3. The number of aromatic nitrogens is 3. The van der Waals surface area contributed by atoms with Gasteiger partial charge in [0.1, 0.15) is 0 Å². The van der Waals surface area contributed by atoms with Crippen molar-refractivity contribution in [3.8, 4) is 0 Å². The van der Waals surface area contributed by atoms with Crippen molar-refractivity contribution < 1.29 is 4.79 Å². The molecule has 0 spiro atoms. The van der Waals surface area contributed by atoms with Crippen molar-refractivity contribution in [3.63, 3.8) is 0 Å². The second-order valence-corrected chi connectivity index (χ2v) is 4.27. The maximum Gasteiger partial charge on any atom is 0.256 e. The summed E-state index contributed by atoms with van der Waals surface area (Å²) in [5, 5.41) is 10.1. The highest BCUT2D eigenvalue weighted by Gasteiger charge is 2.12. The Kier molecular flexibility index (Phi) is 2.72. The second-order valence-electron chi connectivity index (χ2n) is 4.27. The molecule has 0 aliphatic carbocycles. The quantitative estimate of drug-likeness (QED) is 0.736. The summed E-state index contributed by atoms with van der Waals surface area (Å²) in [6.45, 7) is 1.88. The summed E-state index contributed by atoms with van der Waals surface area (Å²) in [6, 6.07) is 9.39. The van der Waals surface area contributed by atoms with Gasteiger partial charge in [0.05, 0.1) is 23.0 Å². The molecule has 94 valence electrons. The van der Waals surface area contributed by atoms with Crippen LogP contribution in [0.15, 0.2) is 42.7 Å². The Hall–Kier alpha value is -2.69. The van der Waals surface area contributed by atoms with Gasteiger partial charge in [0.15, 0.2) is 0 Å². The number of aryl methyl sites for hydroxylation is 1. The minimum absolute atomic E-state index is 0.164. The molecule has 0 aliphatic rings. The zero-order valence-electron chi connectivity index (χ0n) is 10.3. The van der Waals surface area contributed by atoms with Gasteiger partial charge in [-0.3, -0.25) is 14.9 Å². The molecule has 3 aromatic rings. The molecule has 0 unspecified atom stereocenters. The molecule has 0 radical (unpaired) electrons. The van der Waals surface area contributed by atoms with E-state index in [9.17, 15) is 4.79 Å². The third-order valence-electron chi connectivity index (χ3n) is 2.84. The van der Waals surface area contributed by atoms with Gasteiger partial charge in [-0.05, 0) is 19.1 Å². The lowest BCUT2D eigenvalue weighted by molar-refractivity contribution is 0.102. The summed E-state index contributed by atoms with van der Waals surface area (Å²) in [7, 11) is 0. The van der Waals surface area contributed by atoms with Gasteiger partial charge >= 0.3 is 0 Å². The summed E-state index contributed by atoms with van der Waals surface area (Å²) in [6.07, 6.45) is 3.20. The van der Waals surface area contributed by atoms with E-state index in [4.69, 9.17) is 0 Å². The van der Waals surface area contributed by atoms with Crippen LogP contribution in [0.5, 0.6) is 0 Å². The van der Waals surface area contributed by atoms with Crippen LogP contribution in [0.4, 0.5) is 5.69 Å². The third kappa shape index (κ3) is 2.18.